The second kappa shape index (κ2) is 4.03. The van der Waals surface area contributed by atoms with Crippen molar-refractivity contribution in [3.8, 4) is 0 Å². The van der Waals surface area contributed by atoms with Gasteiger partial charge in [0.25, 0.3) is 5.91 Å². The molecule has 1 unspecified atom stereocenters. The van der Waals surface area contributed by atoms with Crippen LogP contribution in [0.3, 0.4) is 0 Å². The molecular formula is C11H13NO4. The molecule has 1 amide bonds. The van der Waals surface area contributed by atoms with Crippen LogP contribution in [0.15, 0.2) is 24.3 Å². The van der Waals surface area contributed by atoms with Crippen molar-refractivity contribution in [2.45, 2.75) is 18.9 Å². The highest BCUT2D eigenvalue weighted by Gasteiger charge is 2.45. The SMILES string of the molecule is CC(=O)CC1(O)C(=O)Nc2ccccc21.O. The highest BCUT2D eigenvalue weighted by Crippen LogP contribution is 2.37. The fourth-order valence-electron chi connectivity index (χ4n) is 1.84. The molecule has 0 fully saturated rings. The van der Waals surface area contributed by atoms with E-state index in [-0.39, 0.29) is 17.7 Å². The Bertz CT molecular complexity index is 443. The lowest BCUT2D eigenvalue weighted by Crippen LogP contribution is -2.35. The summed E-state index contributed by atoms with van der Waals surface area (Å²) in [5.41, 5.74) is -0.640. The summed E-state index contributed by atoms with van der Waals surface area (Å²) < 4.78 is 0. The lowest BCUT2D eigenvalue weighted by Gasteiger charge is -2.18. The first-order valence-corrected chi connectivity index (χ1v) is 4.67. The van der Waals surface area contributed by atoms with Gasteiger partial charge in [-0.05, 0) is 13.0 Å². The Morgan fingerprint density at radius 1 is 1.44 bits per heavy atom. The number of rotatable bonds is 2. The van der Waals surface area contributed by atoms with Crippen LogP contribution in [0.5, 0.6) is 0 Å². The number of Topliss-reactive ketones (excluding diaryl/α,β-unsaturated/α-hetero) is 1. The second-order valence-electron chi connectivity index (χ2n) is 3.74. The Labute approximate surface area is 92.4 Å². The number of hydrogen-bond acceptors (Lipinski definition) is 3. The molecule has 0 saturated carbocycles. The molecule has 86 valence electrons. The molecule has 1 aromatic rings. The number of aliphatic hydroxyl groups is 1. The van der Waals surface area contributed by atoms with Crippen LogP contribution in [0, 0.1) is 0 Å². The summed E-state index contributed by atoms with van der Waals surface area (Å²) >= 11 is 0. The molecule has 0 spiro atoms. The third-order valence-corrected chi connectivity index (χ3v) is 2.50. The average Bonchev–Trinajstić information content (AvgIpc) is 2.39. The minimum absolute atomic E-state index is 0. The van der Waals surface area contributed by atoms with Gasteiger partial charge in [0.2, 0.25) is 0 Å². The summed E-state index contributed by atoms with van der Waals surface area (Å²) in [6.07, 6.45) is -0.185. The van der Waals surface area contributed by atoms with Gasteiger partial charge in [-0.25, -0.2) is 0 Å². The number of anilines is 1. The van der Waals surface area contributed by atoms with E-state index < -0.39 is 11.5 Å². The van der Waals surface area contributed by atoms with Gasteiger partial charge in [-0.2, -0.15) is 0 Å². The zero-order valence-electron chi connectivity index (χ0n) is 8.78. The summed E-state index contributed by atoms with van der Waals surface area (Å²) in [5, 5.41) is 12.7. The van der Waals surface area contributed by atoms with Gasteiger partial charge in [0, 0.05) is 17.7 Å². The summed E-state index contributed by atoms with van der Waals surface area (Å²) in [7, 11) is 0. The number of carbonyl (C=O) groups excluding carboxylic acids is 2. The molecule has 1 aliphatic rings. The number of hydrogen-bond donors (Lipinski definition) is 2. The maximum absolute atomic E-state index is 11.6. The number of nitrogens with one attached hydrogen (secondary N) is 1. The fourth-order valence-corrected chi connectivity index (χ4v) is 1.84. The van der Waals surface area contributed by atoms with Crippen LogP contribution in [0.1, 0.15) is 18.9 Å². The fraction of sp³-hybridized carbons (Fsp3) is 0.273. The molecule has 1 atom stereocenters. The molecule has 1 aromatic carbocycles. The molecule has 0 aliphatic carbocycles. The third kappa shape index (κ3) is 1.70. The van der Waals surface area contributed by atoms with Crippen molar-refractivity contribution in [1.29, 1.82) is 0 Å². The predicted molar refractivity (Wildman–Crippen MR) is 57.9 cm³/mol. The van der Waals surface area contributed by atoms with Crippen molar-refractivity contribution in [3.63, 3.8) is 0 Å². The minimum Gasteiger partial charge on any atom is -0.412 e. The molecule has 1 aliphatic heterocycles. The molecule has 5 nitrogen and oxygen atoms in total. The van der Waals surface area contributed by atoms with Gasteiger partial charge in [-0.15, -0.1) is 0 Å². The topological polar surface area (TPSA) is 97.9 Å². The van der Waals surface area contributed by atoms with E-state index in [0.29, 0.717) is 11.3 Å². The van der Waals surface area contributed by atoms with Gasteiger partial charge < -0.3 is 15.9 Å². The monoisotopic (exact) mass is 223 g/mol. The van der Waals surface area contributed by atoms with Crippen molar-refractivity contribution in [2.75, 3.05) is 5.32 Å². The zero-order valence-corrected chi connectivity index (χ0v) is 8.78. The quantitative estimate of drug-likeness (QED) is 0.737. The molecule has 0 saturated heterocycles. The van der Waals surface area contributed by atoms with Gasteiger partial charge >= 0.3 is 0 Å². The summed E-state index contributed by atoms with van der Waals surface area (Å²) in [6, 6.07) is 6.84. The summed E-state index contributed by atoms with van der Waals surface area (Å²) in [4.78, 5) is 22.6. The van der Waals surface area contributed by atoms with Gasteiger partial charge in [0.1, 0.15) is 5.78 Å². The van der Waals surface area contributed by atoms with Crippen molar-refractivity contribution in [3.05, 3.63) is 29.8 Å². The Morgan fingerprint density at radius 3 is 2.69 bits per heavy atom. The maximum atomic E-state index is 11.6. The Morgan fingerprint density at radius 2 is 2.06 bits per heavy atom. The van der Waals surface area contributed by atoms with E-state index in [9.17, 15) is 14.7 Å². The number of amides is 1. The lowest BCUT2D eigenvalue weighted by atomic mass is 9.90. The van der Waals surface area contributed by atoms with E-state index >= 15 is 0 Å². The van der Waals surface area contributed by atoms with E-state index in [1.54, 1.807) is 24.3 Å². The number of para-hydroxylation sites is 1. The van der Waals surface area contributed by atoms with Crippen molar-refractivity contribution in [1.82, 2.24) is 0 Å². The van der Waals surface area contributed by atoms with Crippen LogP contribution < -0.4 is 5.32 Å². The van der Waals surface area contributed by atoms with Crippen molar-refractivity contribution >= 4 is 17.4 Å². The second-order valence-corrected chi connectivity index (χ2v) is 3.74. The van der Waals surface area contributed by atoms with E-state index in [2.05, 4.69) is 5.32 Å². The van der Waals surface area contributed by atoms with Gasteiger partial charge in [0.15, 0.2) is 5.60 Å². The molecule has 0 radical (unpaired) electrons. The van der Waals surface area contributed by atoms with Crippen LogP contribution in [-0.4, -0.2) is 22.3 Å². The van der Waals surface area contributed by atoms with Crippen LogP contribution in [-0.2, 0) is 15.2 Å². The number of carbonyl (C=O) groups is 2. The van der Waals surface area contributed by atoms with Crippen molar-refractivity contribution in [2.24, 2.45) is 0 Å². The van der Waals surface area contributed by atoms with E-state index in [1.807, 2.05) is 0 Å². The van der Waals surface area contributed by atoms with Crippen LogP contribution >= 0.6 is 0 Å². The van der Waals surface area contributed by atoms with Gasteiger partial charge in [-0.3, -0.25) is 9.59 Å². The normalized spacial score (nSPS) is 22.0. The molecule has 5 heteroatoms. The Hall–Kier alpha value is -1.72. The molecule has 0 aromatic heterocycles. The average molecular weight is 223 g/mol. The summed E-state index contributed by atoms with van der Waals surface area (Å²) in [6.45, 7) is 1.35. The standard InChI is InChI=1S/C11H11NO3.H2O/c1-7(13)6-11(15)8-4-2-3-5-9(8)12-10(11)14;/h2-5,15H,6H2,1H3,(H,12,14);1H2. The van der Waals surface area contributed by atoms with Gasteiger partial charge in [0.05, 0.1) is 0 Å². The predicted octanol–water partition coefficient (Wildman–Crippen LogP) is -0.0193. The first kappa shape index (κ1) is 12.4. The molecule has 1 heterocycles. The van der Waals surface area contributed by atoms with E-state index in [0.717, 1.165) is 0 Å². The first-order valence-electron chi connectivity index (χ1n) is 4.67. The van der Waals surface area contributed by atoms with Crippen LogP contribution in [0.25, 0.3) is 0 Å². The van der Waals surface area contributed by atoms with E-state index in [4.69, 9.17) is 0 Å². The highest BCUT2D eigenvalue weighted by molar-refractivity contribution is 6.06. The number of fused-ring (bicyclic) bond motifs is 1. The van der Waals surface area contributed by atoms with E-state index in [1.165, 1.54) is 6.92 Å². The molecule has 16 heavy (non-hydrogen) atoms. The first-order chi connectivity index (χ1) is 7.04. The molecule has 0 bridgehead atoms. The van der Waals surface area contributed by atoms with Crippen LogP contribution in [0.2, 0.25) is 0 Å². The smallest absolute Gasteiger partial charge is 0.261 e. The Kier molecular flexibility index (Phi) is 3.11. The molecular weight excluding hydrogens is 210 g/mol. The summed E-state index contributed by atoms with van der Waals surface area (Å²) in [5.74, 6) is -0.747. The van der Waals surface area contributed by atoms with Gasteiger partial charge in [-0.1, -0.05) is 18.2 Å². The Balaban J connectivity index is 0.00000128. The number of benzene rings is 1. The zero-order chi connectivity index (χ0) is 11.1. The lowest BCUT2D eigenvalue weighted by molar-refractivity contribution is -0.139. The third-order valence-electron chi connectivity index (χ3n) is 2.50. The maximum Gasteiger partial charge on any atom is 0.261 e. The van der Waals surface area contributed by atoms with Crippen molar-refractivity contribution < 1.29 is 20.2 Å². The van der Waals surface area contributed by atoms with Crippen LogP contribution in [0.4, 0.5) is 5.69 Å². The molecule has 4 N–H and O–H groups in total. The molecule has 2 rings (SSSR count). The number of ketones is 1. The minimum atomic E-state index is -1.69. The largest absolute Gasteiger partial charge is 0.412 e. The highest BCUT2D eigenvalue weighted by atomic mass is 16.3.